The van der Waals surface area contributed by atoms with E-state index in [0.29, 0.717) is 0 Å². The fourth-order valence-corrected chi connectivity index (χ4v) is 1.96. The number of hydrogen-bond acceptors (Lipinski definition) is 3. The molecule has 1 aliphatic heterocycles. The van der Waals surface area contributed by atoms with E-state index in [1.807, 2.05) is 6.92 Å². The third-order valence-electron chi connectivity index (χ3n) is 1.56. The van der Waals surface area contributed by atoms with Gasteiger partial charge in [0, 0.05) is 0 Å². The van der Waals surface area contributed by atoms with Gasteiger partial charge < -0.3 is 4.74 Å². The molecule has 0 unspecified atom stereocenters. The molecular formula is C7H9NOS. The maximum absolute atomic E-state index is 5.40. The summed E-state index contributed by atoms with van der Waals surface area (Å²) in [6, 6.07) is 0. The summed E-state index contributed by atoms with van der Waals surface area (Å²) in [5, 5.41) is 2.16. The summed E-state index contributed by atoms with van der Waals surface area (Å²) in [6.45, 7) is 2.89. The Hall–Kier alpha value is -0.570. The van der Waals surface area contributed by atoms with E-state index >= 15 is 0 Å². The molecule has 1 aromatic rings. The number of thiazole rings is 1. The summed E-state index contributed by atoms with van der Waals surface area (Å²) in [4.78, 5) is 4.34. The molecule has 0 atom stereocenters. The number of fused-ring (bicyclic) bond motifs is 1. The highest BCUT2D eigenvalue weighted by Crippen LogP contribution is 2.30. The van der Waals surface area contributed by atoms with E-state index in [-0.39, 0.29) is 0 Å². The Morgan fingerprint density at radius 3 is 3.30 bits per heavy atom. The summed E-state index contributed by atoms with van der Waals surface area (Å²) in [7, 11) is 0. The lowest BCUT2D eigenvalue weighted by molar-refractivity contribution is 0.295. The van der Waals surface area contributed by atoms with E-state index < -0.39 is 0 Å². The van der Waals surface area contributed by atoms with Crippen molar-refractivity contribution in [2.45, 2.75) is 19.8 Å². The maximum Gasteiger partial charge on any atom is 0.197 e. The maximum atomic E-state index is 5.40. The second kappa shape index (κ2) is 2.23. The minimum absolute atomic E-state index is 0.870. The van der Waals surface area contributed by atoms with Crippen LogP contribution in [0.4, 0.5) is 0 Å². The van der Waals surface area contributed by atoms with E-state index in [1.165, 1.54) is 0 Å². The van der Waals surface area contributed by atoms with Crippen LogP contribution in [0.3, 0.4) is 0 Å². The van der Waals surface area contributed by atoms with Crippen LogP contribution in [0.1, 0.15) is 17.1 Å². The lowest BCUT2D eigenvalue weighted by Crippen LogP contribution is -2.06. The van der Waals surface area contributed by atoms with E-state index in [2.05, 4.69) is 4.98 Å². The number of nitrogens with zero attached hydrogens (tertiary/aromatic N) is 1. The van der Waals surface area contributed by atoms with E-state index in [0.717, 1.165) is 35.2 Å². The van der Waals surface area contributed by atoms with E-state index in [4.69, 9.17) is 4.74 Å². The number of rotatable bonds is 0. The largest absolute Gasteiger partial charge is 0.483 e. The van der Waals surface area contributed by atoms with Crippen LogP contribution in [0.15, 0.2) is 0 Å². The fraction of sp³-hybridized carbons (Fsp3) is 0.571. The Kier molecular flexibility index (Phi) is 1.38. The quantitative estimate of drug-likeness (QED) is 0.569. The first-order valence-electron chi connectivity index (χ1n) is 3.45. The molecule has 1 aliphatic rings. The van der Waals surface area contributed by atoms with Crippen molar-refractivity contribution in [3.63, 3.8) is 0 Å². The van der Waals surface area contributed by atoms with Crippen molar-refractivity contribution < 1.29 is 4.74 Å². The molecule has 0 fully saturated rings. The summed E-state index contributed by atoms with van der Waals surface area (Å²) >= 11 is 1.66. The molecule has 0 aliphatic carbocycles. The zero-order valence-electron chi connectivity index (χ0n) is 5.89. The highest BCUT2D eigenvalue weighted by Gasteiger charge is 2.13. The molecule has 0 N–H and O–H groups in total. The lowest BCUT2D eigenvalue weighted by atomic mass is 10.2. The van der Waals surface area contributed by atoms with Crippen molar-refractivity contribution in [2.75, 3.05) is 6.61 Å². The topological polar surface area (TPSA) is 22.1 Å². The van der Waals surface area contributed by atoms with Gasteiger partial charge in [-0.2, -0.15) is 0 Å². The van der Waals surface area contributed by atoms with Crippen LogP contribution >= 0.6 is 11.3 Å². The molecule has 54 valence electrons. The molecule has 2 nitrogen and oxygen atoms in total. The fourth-order valence-electron chi connectivity index (χ4n) is 1.13. The van der Waals surface area contributed by atoms with Crippen LogP contribution in [-0.4, -0.2) is 11.6 Å². The predicted octanol–water partition coefficient (Wildman–Crippen LogP) is 1.78. The van der Waals surface area contributed by atoms with Gasteiger partial charge in [0.1, 0.15) is 0 Å². The minimum Gasteiger partial charge on any atom is -0.483 e. The first-order valence-corrected chi connectivity index (χ1v) is 4.27. The van der Waals surface area contributed by atoms with Gasteiger partial charge in [0.2, 0.25) is 0 Å². The average Bonchev–Trinajstić information content (AvgIpc) is 2.27. The number of hydrogen-bond donors (Lipinski definition) is 0. The van der Waals surface area contributed by atoms with Gasteiger partial charge in [-0.3, -0.25) is 0 Å². The third-order valence-corrected chi connectivity index (χ3v) is 2.49. The van der Waals surface area contributed by atoms with Gasteiger partial charge in [-0.05, 0) is 19.8 Å². The van der Waals surface area contributed by atoms with Crippen LogP contribution in [-0.2, 0) is 6.42 Å². The van der Waals surface area contributed by atoms with Gasteiger partial charge in [-0.25, -0.2) is 4.98 Å². The summed E-state index contributed by atoms with van der Waals surface area (Å²) < 4.78 is 5.40. The summed E-state index contributed by atoms with van der Waals surface area (Å²) in [5.74, 6) is 0. The Morgan fingerprint density at radius 1 is 1.60 bits per heavy atom. The van der Waals surface area contributed by atoms with Crippen LogP contribution < -0.4 is 4.74 Å². The van der Waals surface area contributed by atoms with Gasteiger partial charge in [0.05, 0.1) is 17.3 Å². The van der Waals surface area contributed by atoms with Crippen LogP contribution in [0.5, 0.6) is 5.06 Å². The lowest BCUT2D eigenvalue weighted by Gasteiger charge is -2.09. The molecular weight excluding hydrogens is 146 g/mol. The van der Waals surface area contributed by atoms with Crippen LogP contribution in [0.25, 0.3) is 0 Å². The Bertz CT molecular complexity index is 220. The summed E-state index contributed by atoms with van der Waals surface area (Å²) in [6.07, 6.45) is 2.22. The van der Waals surface area contributed by atoms with Crippen molar-refractivity contribution in [3.8, 4) is 5.06 Å². The Balaban J connectivity index is 2.41. The number of ether oxygens (including phenoxy) is 1. The minimum atomic E-state index is 0.870. The first-order chi connectivity index (χ1) is 4.86. The first kappa shape index (κ1) is 6.16. The van der Waals surface area contributed by atoms with Crippen molar-refractivity contribution in [2.24, 2.45) is 0 Å². The van der Waals surface area contributed by atoms with Crippen LogP contribution in [0, 0.1) is 6.92 Å². The molecule has 10 heavy (non-hydrogen) atoms. The van der Waals surface area contributed by atoms with Crippen molar-refractivity contribution in [1.29, 1.82) is 0 Å². The third kappa shape index (κ3) is 0.904. The predicted molar refractivity (Wildman–Crippen MR) is 40.7 cm³/mol. The normalized spacial score (nSPS) is 16.1. The Morgan fingerprint density at radius 2 is 2.50 bits per heavy atom. The van der Waals surface area contributed by atoms with E-state index in [1.54, 1.807) is 11.3 Å². The molecule has 3 heteroatoms. The monoisotopic (exact) mass is 155 g/mol. The molecule has 0 aromatic carbocycles. The van der Waals surface area contributed by atoms with Gasteiger partial charge in [0.15, 0.2) is 5.06 Å². The van der Waals surface area contributed by atoms with Crippen molar-refractivity contribution in [1.82, 2.24) is 4.98 Å². The molecule has 0 saturated heterocycles. The second-order valence-corrected chi connectivity index (χ2v) is 3.58. The van der Waals surface area contributed by atoms with Gasteiger partial charge in [0.25, 0.3) is 0 Å². The zero-order valence-corrected chi connectivity index (χ0v) is 6.70. The molecule has 1 aromatic heterocycles. The molecule has 0 amide bonds. The number of aromatic nitrogens is 1. The zero-order chi connectivity index (χ0) is 6.97. The SMILES string of the molecule is Cc1nc2c(s1)OCCC2. The smallest absolute Gasteiger partial charge is 0.197 e. The highest BCUT2D eigenvalue weighted by atomic mass is 32.1. The standard InChI is InChI=1S/C7H9NOS/c1-5-8-6-3-2-4-9-7(6)10-5/h2-4H2,1H3. The molecule has 2 heterocycles. The molecule has 0 saturated carbocycles. The molecule has 0 radical (unpaired) electrons. The highest BCUT2D eigenvalue weighted by molar-refractivity contribution is 7.13. The summed E-state index contributed by atoms with van der Waals surface area (Å²) in [5.41, 5.74) is 1.16. The second-order valence-electron chi connectivity index (χ2n) is 2.42. The van der Waals surface area contributed by atoms with Gasteiger partial charge in [-0.15, -0.1) is 0 Å². The molecule has 2 rings (SSSR count). The molecule has 0 bridgehead atoms. The Labute approximate surface area is 63.9 Å². The molecule has 0 spiro atoms. The van der Waals surface area contributed by atoms with Crippen molar-refractivity contribution >= 4 is 11.3 Å². The van der Waals surface area contributed by atoms with Gasteiger partial charge >= 0.3 is 0 Å². The van der Waals surface area contributed by atoms with E-state index in [9.17, 15) is 0 Å². The van der Waals surface area contributed by atoms with Crippen LogP contribution in [0.2, 0.25) is 0 Å². The average molecular weight is 155 g/mol. The number of aryl methyl sites for hydroxylation is 2. The van der Waals surface area contributed by atoms with Gasteiger partial charge in [-0.1, -0.05) is 11.3 Å². The van der Waals surface area contributed by atoms with Crippen molar-refractivity contribution in [3.05, 3.63) is 10.7 Å².